The molecule has 0 atom stereocenters. The number of rotatable bonds is 3. The summed E-state index contributed by atoms with van der Waals surface area (Å²) in [4.78, 5) is 0. The molecule has 19 heavy (non-hydrogen) atoms. The molecule has 0 aliphatic carbocycles. The highest BCUT2D eigenvalue weighted by molar-refractivity contribution is 7.89. The average molecular weight is 279 g/mol. The van der Waals surface area contributed by atoms with Gasteiger partial charge < -0.3 is 5.73 Å². The fourth-order valence-electron chi connectivity index (χ4n) is 1.98. The summed E-state index contributed by atoms with van der Waals surface area (Å²) in [6.07, 6.45) is 1.19. The van der Waals surface area contributed by atoms with Gasteiger partial charge in [0.15, 0.2) is 9.84 Å². The van der Waals surface area contributed by atoms with E-state index in [9.17, 15) is 8.42 Å². The van der Waals surface area contributed by atoms with Crippen molar-refractivity contribution in [3.8, 4) is 11.1 Å². The zero-order valence-corrected chi connectivity index (χ0v) is 12.0. The predicted octanol–water partition coefficient (Wildman–Crippen LogP) is 1.52. The first kappa shape index (κ1) is 13.6. The maximum atomic E-state index is 11.5. The SMILES string of the molecule is Cc1ccc(-c2c(CS(C)(=O)=O)nn(C)c2N)cc1. The zero-order chi connectivity index (χ0) is 14.2. The minimum atomic E-state index is -3.15. The number of sulfone groups is 1. The number of benzene rings is 1. The second-order valence-electron chi connectivity index (χ2n) is 4.77. The number of aryl methyl sites for hydroxylation is 2. The normalized spacial score (nSPS) is 11.7. The molecule has 5 nitrogen and oxygen atoms in total. The minimum Gasteiger partial charge on any atom is -0.383 e. The molecule has 0 unspecified atom stereocenters. The van der Waals surface area contributed by atoms with E-state index in [2.05, 4.69) is 5.10 Å². The van der Waals surface area contributed by atoms with Crippen molar-refractivity contribution in [2.75, 3.05) is 12.0 Å². The van der Waals surface area contributed by atoms with Crippen LogP contribution in [0.5, 0.6) is 0 Å². The Kier molecular flexibility index (Phi) is 3.36. The van der Waals surface area contributed by atoms with Crippen molar-refractivity contribution in [1.82, 2.24) is 9.78 Å². The predicted molar refractivity (Wildman–Crippen MR) is 76.3 cm³/mol. The van der Waals surface area contributed by atoms with Crippen LogP contribution in [0.15, 0.2) is 24.3 Å². The first-order valence-corrected chi connectivity index (χ1v) is 7.90. The molecule has 2 rings (SSSR count). The van der Waals surface area contributed by atoms with Gasteiger partial charge in [-0.05, 0) is 12.5 Å². The van der Waals surface area contributed by atoms with Crippen molar-refractivity contribution in [1.29, 1.82) is 0 Å². The number of nitrogen functional groups attached to an aromatic ring is 1. The van der Waals surface area contributed by atoms with Gasteiger partial charge in [0.1, 0.15) is 5.82 Å². The summed E-state index contributed by atoms with van der Waals surface area (Å²) in [7, 11) is -1.44. The van der Waals surface area contributed by atoms with E-state index in [-0.39, 0.29) is 5.75 Å². The molecular formula is C13H17N3O2S. The van der Waals surface area contributed by atoms with Crippen molar-refractivity contribution in [3.05, 3.63) is 35.5 Å². The molecule has 6 heteroatoms. The Balaban J connectivity index is 2.58. The van der Waals surface area contributed by atoms with Crippen LogP contribution in [-0.2, 0) is 22.6 Å². The smallest absolute Gasteiger partial charge is 0.153 e. The van der Waals surface area contributed by atoms with E-state index in [1.807, 2.05) is 31.2 Å². The van der Waals surface area contributed by atoms with E-state index in [0.29, 0.717) is 17.1 Å². The summed E-state index contributed by atoms with van der Waals surface area (Å²) < 4.78 is 24.4. The van der Waals surface area contributed by atoms with Gasteiger partial charge >= 0.3 is 0 Å². The standard InChI is InChI=1S/C13H17N3O2S/c1-9-4-6-10(7-5-9)12-11(8-19(3,17)18)15-16(2)13(12)14/h4-7H,8,14H2,1-3H3. The lowest BCUT2D eigenvalue weighted by Gasteiger charge is -2.04. The second kappa shape index (κ2) is 4.70. The van der Waals surface area contributed by atoms with Crippen LogP contribution in [0.1, 0.15) is 11.3 Å². The molecular weight excluding hydrogens is 262 g/mol. The molecule has 2 N–H and O–H groups in total. The molecule has 0 radical (unpaired) electrons. The van der Waals surface area contributed by atoms with Crippen LogP contribution in [0, 0.1) is 6.92 Å². The number of nitrogens with zero attached hydrogens (tertiary/aromatic N) is 2. The Morgan fingerprint density at radius 1 is 1.26 bits per heavy atom. The topological polar surface area (TPSA) is 78.0 Å². The zero-order valence-electron chi connectivity index (χ0n) is 11.2. The average Bonchev–Trinajstić information content (AvgIpc) is 2.54. The molecule has 0 bridgehead atoms. The number of anilines is 1. The maximum absolute atomic E-state index is 11.5. The lowest BCUT2D eigenvalue weighted by Crippen LogP contribution is -2.03. The Morgan fingerprint density at radius 3 is 2.37 bits per heavy atom. The monoisotopic (exact) mass is 279 g/mol. The first-order chi connectivity index (χ1) is 8.78. The van der Waals surface area contributed by atoms with Crippen molar-refractivity contribution < 1.29 is 8.42 Å². The van der Waals surface area contributed by atoms with Gasteiger partial charge in [-0.3, -0.25) is 4.68 Å². The van der Waals surface area contributed by atoms with E-state index >= 15 is 0 Å². The molecule has 0 saturated carbocycles. The number of hydrogen-bond acceptors (Lipinski definition) is 4. The van der Waals surface area contributed by atoms with E-state index in [1.165, 1.54) is 10.9 Å². The molecule has 0 aliphatic heterocycles. The van der Waals surface area contributed by atoms with E-state index in [4.69, 9.17) is 5.73 Å². The van der Waals surface area contributed by atoms with E-state index < -0.39 is 9.84 Å². The molecule has 1 heterocycles. The maximum Gasteiger partial charge on any atom is 0.153 e. The molecule has 1 aromatic heterocycles. The lowest BCUT2D eigenvalue weighted by molar-refractivity contribution is 0.600. The van der Waals surface area contributed by atoms with Gasteiger partial charge in [0.2, 0.25) is 0 Å². The molecule has 0 fully saturated rings. The number of nitrogens with two attached hydrogens (primary N) is 1. The third kappa shape index (κ3) is 2.96. The molecule has 0 aliphatic rings. The summed E-state index contributed by atoms with van der Waals surface area (Å²) in [5, 5.41) is 4.21. The summed E-state index contributed by atoms with van der Waals surface area (Å²) in [5.41, 5.74) is 9.21. The van der Waals surface area contributed by atoms with Gasteiger partial charge in [0.25, 0.3) is 0 Å². The van der Waals surface area contributed by atoms with Crippen molar-refractivity contribution in [3.63, 3.8) is 0 Å². The Labute approximate surface area is 113 Å². The summed E-state index contributed by atoms with van der Waals surface area (Å²) >= 11 is 0. The summed E-state index contributed by atoms with van der Waals surface area (Å²) in [5.74, 6) is 0.365. The molecule has 0 spiro atoms. The van der Waals surface area contributed by atoms with E-state index in [1.54, 1.807) is 7.05 Å². The van der Waals surface area contributed by atoms with Gasteiger partial charge in [-0.2, -0.15) is 5.10 Å². The van der Waals surface area contributed by atoms with Crippen molar-refractivity contribution >= 4 is 15.7 Å². The van der Waals surface area contributed by atoms with E-state index in [0.717, 1.165) is 11.1 Å². The van der Waals surface area contributed by atoms with Crippen LogP contribution >= 0.6 is 0 Å². The highest BCUT2D eigenvalue weighted by Crippen LogP contribution is 2.30. The van der Waals surface area contributed by atoms with Crippen LogP contribution in [0.2, 0.25) is 0 Å². The van der Waals surface area contributed by atoms with Crippen LogP contribution in [-0.4, -0.2) is 24.5 Å². The third-order valence-electron chi connectivity index (χ3n) is 2.90. The third-order valence-corrected chi connectivity index (χ3v) is 3.70. The second-order valence-corrected chi connectivity index (χ2v) is 6.91. The van der Waals surface area contributed by atoms with Gasteiger partial charge in [-0.1, -0.05) is 29.8 Å². The Bertz CT molecular complexity index is 700. The van der Waals surface area contributed by atoms with Crippen LogP contribution in [0.4, 0.5) is 5.82 Å². The molecule has 0 saturated heterocycles. The number of hydrogen-bond donors (Lipinski definition) is 1. The molecule has 0 amide bonds. The molecule has 1 aromatic carbocycles. The highest BCUT2D eigenvalue weighted by atomic mass is 32.2. The Hall–Kier alpha value is -1.82. The summed E-state index contributed by atoms with van der Waals surface area (Å²) in [6, 6.07) is 7.78. The highest BCUT2D eigenvalue weighted by Gasteiger charge is 2.19. The van der Waals surface area contributed by atoms with Gasteiger partial charge in [0, 0.05) is 18.9 Å². The van der Waals surface area contributed by atoms with Crippen LogP contribution < -0.4 is 5.73 Å². The quantitative estimate of drug-likeness (QED) is 0.924. The minimum absolute atomic E-state index is 0.110. The lowest BCUT2D eigenvalue weighted by atomic mass is 10.0. The van der Waals surface area contributed by atoms with Gasteiger partial charge in [-0.15, -0.1) is 0 Å². The molecule has 2 aromatic rings. The summed E-state index contributed by atoms with van der Waals surface area (Å²) in [6.45, 7) is 1.99. The van der Waals surface area contributed by atoms with Crippen molar-refractivity contribution in [2.24, 2.45) is 7.05 Å². The van der Waals surface area contributed by atoms with Gasteiger partial charge in [0.05, 0.1) is 11.4 Å². The van der Waals surface area contributed by atoms with Crippen LogP contribution in [0.3, 0.4) is 0 Å². The first-order valence-electron chi connectivity index (χ1n) is 5.84. The Morgan fingerprint density at radius 2 is 1.84 bits per heavy atom. The van der Waals surface area contributed by atoms with Crippen LogP contribution in [0.25, 0.3) is 11.1 Å². The van der Waals surface area contributed by atoms with Gasteiger partial charge in [-0.25, -0.2) is 8.42 Å². The molecule has 102 valence electrons. The largest absolute Gasteiger partial charge is 0.383 e. The fraction of sp³-hybridized carbons (Fsp3) is 0.308. The van der Waals surface area contributed by atoms with Crippen molar-refractivity contribution in [2.45, 2.75) is 12.7 Å². The fourth-order valence-corrected chi connectivity index (χ4v) is 2.68. The number of aromatic nitrogens is 2.